The van der Waals surface area contributed by atoms with Crippen molar-refractivity contribution in [3.05, 3.63) is 0 Å². The van der Waals surface area contributed by atoms with Crippen LogP contribution in [0.5, 0.6) is 0 Å². The molecule has 0 bridgehead atoms. The molecule has 2 amide bonds. The summed E-state index contributed by atoms with van der Waals surface area (Å²) in [7, 11) is 0. The molecule has 7 heteroatoms. The van der Waals surface area contributed by atoms with Crippen LogP contribution < -0.4 is 0 Å². The SMILES string of the molecule is CCCCC(=O)N(CCOCCC)CC(C)(C)COCC(C)(C)CN(CCOCCC)C(=O)CCC(C)CC. The second-order valence-corrected chi connectivity index (χ2v) is 12.8. The van der Waals surface area contributed by atoms with Crippen molar-refractivity contribution in [1.29, 1.82) is 0 Å². The van der Waals surface area contributed by atoms with Crippen LogP contribution >= 0.6 is 0 Å². The van der Waals surface area contributed by atoms with Gasteiger partial charge in [0.2, 0.25) is 11.8 Å². The summed E-state index contributed by atoms with van der Waals surface area (Å²) in [6, 6.07) is 0. The zero-order valence-electron chi connectivity index (χ0n) is 27.2. The summed E-state index contributed by atoms with van der Waals surface area (Å²) in [5.74, 6) is 0.954. The highest BCUT2D eigenvalue weighted by Crippen LogP contribution is 2.23. The number of ether oxygens (including phenoxy) is 3. The Labute approximate surface area is 241 Å². The number of rotatable bonds is 25. The molecule has 0 aliphatic carbocycles. The van der Waals surface area contributed by atoms with E-state index in [4.69, 9.17) is 14.2 Å². The zero-order valence-corrected chi connectivity index (χ0v) is 27.2. The Morgan fingerprint density at radius 3 is 1.54 bits per heavy atom. The molecule has 1 unspecified atom stereocenters. The normalized spacial score (nSPS) is 12.9. The van der Waals surface area contributed by atoms with Crippen LogP contribution in [0, 0.1) is 16.7 Å². The van der Waals surface area contributed by atoms with Crippen molar-refractivity contribution in [3.63, 3.8) is 0 Å². The fourth-order valence-corrected chi connectivity index (χ4v) is 4.37. The Hall–Kier alpha value is -1.18. The lowest BCUT2D eigenvalue weighted by molar-refractivity contribution is -0.135. The molecule has 0 saturated heterocycles. The van der Waals surface area contributed by atoms with Crippen molar-refractivity contribution in [1.82, 2.24) is 9.80 Å². The van der Waals surface area contributed by atoms with Crippen LogP contribution in [-0.2, 0) is 23.8 Å². The average Bonchev–Trinajstić information content (AvgIpc) is 2.88. The van der Waals surface area contributed by atoms with E-state index < -0.39 is 0 Å². The van der Waals surface area contributed by atoms with E-state index in [0.717, 1.165) is 51.7 Å². The predicted octanol–water partition coefficient (Wildman–Crippen LogP) is 6.58. The third-order valence-corrected chi connectivity index (χ3v) is 6.93. The Bertz CT molecular complexity index is 638. The maximum absolute atomic E-state index is 13.1. The van der Waals surface area contributed by atoms with E-state index in [2.05, 4.69) is 62.3 Å². The summed E-state index contributed by atoms with van der Waals surface area (Å²) in [5, 5.41) is 0. The third-order valence-electron chi connectivity index (χ3n) is 6.93. The lowest BCUT2D eigenvalue weighted by Crippen LogP contribution is -2.44. The Balaban J connectivity index is 5.04. The molecule has 232 valence electrons. The first-order valence-electron chi connectivity index (χ1n) is 15.7. The van der Waals surface area contributed by atoms with Crippen LogP contribution in [0.1, 0.15) is 114 Å². The van der Waals surface area contributed by atoms with Gasteiger partial charge in [-0.1, -0.05) is 75.2 Å². The van der Waals surface area contributed by atoms with E-state index in [1.165, 1.54) is 0 Å². The van der Waals surface area contributed by atoms with Gasteiger partial charge < -0.3 is 24.0 Å². The van der Waals surface area contributed by atoms with Gasteiger partial charge in [0.1, 0.15) is 0 Å². The Morgan fingerprint density at radius 2 is 1.13 bits per heavy atom. The molecule has 0 saturated carbocycles. The minimum atomic E-state index is -0.197. The highest BCUT2D eigenvalue weighted by Gasteiger charge is 2.29. The van der Waals surface area contributed by atoms with E-state index in [1.807, 2.05) is 9.80 Å². The van der Waals surface area contributed by atoms with Gasteiger partial charge in [0, 0.05) is 63.1 Å². The van der Waals surface area contributed by atoms with Gasteiger partial charge in [0.05, 0.1) is 26.4 Å². The van der Waals surface area contributed by atoms with Gasteiger partial charge in [-0.05, 0) is 31.6 Å². The molecule has 0 rings (SSSR count). The van der Waals surface area contributed by atoms with E-state index >= 15 is 0 Å². The molecule has 7 nitrogen and oxygen atoms in total. The van der Waals surface area contributed by atoms with Crippen LogP contribution in [0.3, 0.4) is 0 Å². The molecular weight excluding hydrogens is 492 g/mol. The van der Waals surface area contributed by atoms with Crippen molar-refractivity contribution >= 4 is 11.8 Å². The van der Waals surface area contributed by atoms with E-state index in [1.54, 1.807) is 0 Å². The van der Waals surface area contributed by atoms with Gasteiger partial charge in [-0.15, -0.1) is 0 Å². The van der Waals surface area contributed by atoms with Crippen LogP contribution in [-0.4, -0.2) is 87.4 Å². The van der Waals surface area contributed by atoms with Gasteiger partial charge in [-0.25, -0.2) is 0 Å². The van der Waals surface area contributed by atoms with Crippen LogP contribution in [0.15, 0.2) is 0 Å². The maximum Gasteiger partial charge on any atom is 0.222 e. The summed E-state index contributed by atoms with van der Waals surface area (Å²) in [4.78, 5) is 29.9. The lowest BCUT2D eigenvalue weighted by Gasteiger charge is -2.36. The standard InChI is InChI=1S/C32H64N2O5/c1-10-14-15-29(35)33(18-22-37-20-11-2)24-31(6,7)26-39-27-32(8,9)25-34(19-23-38-21-12-3)30(36)17-16-28(5)13-4/h28H,10-27H2,1-9H3. The number of carbonyl (C=O) groups excluding carboxylic acids is 2. The topological polar surface area (TPSA) is 68.3 Å². The smallest absolute Gasteiger partial charge is 0.222 e. The number of amides is 2. The van der Waals surface area contributed by atoms with Crippen LogP contribution in [0.4, 0.5) is 0 Å². The van der Waals surface area contributed by atoms with Crippen molar-refractivity contribution in [2.45, 2.75) is 114 Å². The van der Waals surface area contributed by atoms with Gasteiger partial charge in [0.25, 0.3) is 0 Å². The molecule has 0 aliphatic heterocycles. The molecule has 39 heavy (non-hydrogen) atoms. The lowest BCUT2D eigenvalue weighted by atomic mass is 9.91. The van der Waals surface area contributed by atoms with Crippen LogP contribution in [0.2, 0.25) is 0 Å². The quantitative estimate of drug-likeness (QED) is 0.119. The first-order chi connectivity index (χ1) is 18.4. The summed E-state index contributed by atoms with van der Waals surface area (Å²) in [6.45, 7) is 25.5. The fourth-order valence-electron chi connectivity index (χ4n) is 4.37. The van der Waals surface area contributed by atoms with Crippen molar-refractivity contribution in [2.24, 2.45) is 16.7 Å². The molecule has 1 atom stereocenters. The number of unbranched alkanes of at least 4 members (excludes halogenated alkanes) is 1. The molecular formula is C32H64N2O5. The fraction of sp³-hybridized carbons (Fsp3) is 0.938. The monoisotopic (exact) mass is 556 g/mol. The van der Waals surface area contributed by atoms with Gasteiger partial charge in [0.15, 0.2) is 0 Å². The molecule has 0 heterocycles. The summed E-state index contributed by atoms with van der Waals surface area (Å²) in [6.07, 6.45) is 7.05. The highest BCUT2D eigenvalue weighted by atomic mass is 16.5. The predicted molar refractivity (Wildman–Crippen MR) is 162 cm³/mol. The number of hydrogen-bond acceptors (Lipinski definition) is 5. The largest absolute Gasteiger partial charge is 0.380 e. The highest BCUT2D eigenvalue weighted by molar-refractivity contribution is 5.76. The molecule has 0 N–H and O–H groups in total. The Morgan fingerprint density at radius 1 is 0.667 bits per heavy atom. The van der Waals surface area contributed by atoms with E-state index in [0.29, 0.717) is 71.4 Å². The molecule has 0 aromatic carbocycles. The van der Waals surface area contributed by atoms with Crippen molar-refractivity contribution in [3.8, 4) is 0 Å². The number of nitrogens with zero attached hydrogens (tertiary/aromatic N) is 2. The van der Waals surface area contributed by atoms with Crippen LogP contribution in [0.25, 0.3) is 0 Å². The number of hydrogen-bond donors (Lipinski definition) is 0. The minimum absolute atomic E-state index is 0.192. The summed E-state index contributed by atoms with van der Waals surface area (Å²) >= 11 is 0. The first-order valence-corrected chi connectivity index (χ1v) is 15.7. The molecule has 0 aliphatic rings. The minimum Gasteiger partial charge on any atom is -0.380 e. The van der Waals surface area contributed by atoms with Gasteiger partial charge in [-0.2, -0.15) is 0 Å². The number of carbonyl (C=O) groups is 2. The summed E-state index contributed by atoms with van der Waals surface area (Å²) < 4.78 is 17.7. The zero-order chi connectivity index (χ0) is 29.7. The van der Waals surface area contributed by atoms with E-state index in [-0.39, 0.29) is 22.6 Å². The molecule has 0 spiro atoms. The molecule has 0 aromatic heterocycles. The van der Waals surface area contributed by atoms with E-state index in [9.17, 15) is 9.59 Å². The Kier molecular flexibility index (Phi) is 20.9. The van der Waals surface area contributed by atoms with Crippen molar-refractivity contribution in [2.75, 3.05) is 65.8 Å². The average molecular weight is 557 g/mol. The first kappa shape index (κ1) is 37.8. The molecule has 0 fully saturated rings. The third kappa shape index (κ3) is 19.5. The summed E-state index contributed by atoms with van der Waals surface area (Å²) in [5.41, 5.74) is -0.389. The molecule has 0 aromatic rings. The second-order valence-electron chi connectivity index (χ2n) is 12.8. The van der Waals surface area contributed by atoms with Gasteiger partial charge >= 0.3 is 0 Å². The second kappa shape index (κ2) is 21.6. The van der Waals surface area contributed by atoms with Crippen molar-refractivity contribution < 1.29 is 23.8 Å². The maximum atomic E-state index is 13.1. The molecule has 0 radical (unpaired) electrons. The van der Waals surface area contributed by atoms with Gasteiger partial charge in [-0.3, -0.25) is 9.59 Å².